The van der Waals surface area contributed by atoms with Crippen molar-refractivity contribution in [3.63, 3.8) is 0 Å². The van der Waals surface area contributed by atoms with Gasteiger partial charge in [0.05, 0.1) is 21.7 Å². The molecular formula is C11H8Cl3NO2. The van der Waals surface area contributed by atoms with Crippen LogP contribution in [0.5, 0.6) is 0 Å². The maximum atomic E-state index is 11.8. The summed E-state index contributed by atoms with van der Waals surface area (Å²) >= 11 is 17.3. The first kappa shape index (κ1) is 12.7. The fourth-order valence-corrected chi connectivity index (χ4v) is 2.34. The second kappa shape index (κ2) is 4.84. The van der Waals surface area contributed by atoms with Crippen LogP contribution in [0.25, 0.3) is 0 Å². The Labute approximate surface area is 113 Å². The van der Waals surface area contributed by atoms with Crippen LogP contribution in [0.15, 0.2) is 18.2 Å². The van der Waals surface area contributed by atoms with Gasteiger partial charge in [-0.15, -0.1) is 0 Å². The van der Waals surface area contributed by atoms with Crippen LogP contribution in [-0.4, -0.2) is 17.7 Å². The average molecular weight is 293 g/mol. The lowest BCUT2D eigenvalue weighted by Gasteiger charge is -2.18. The highest BCUT2D eigenvalue weighted by Crippen LogP contribution is 2.35. The number of hydrogen-bond donors (Lipinski definition) is 0. The molecule has 0 radical (unpaired) electrons. The Kier molecular flexibility index (Phi) is 3.61. The molecule has 1 aromatic rings. The lowest BCUT2D eigenvalue weighted by molar-refractivity contribution is -0.120. The number of carbonyl (C=O) groups excluding carboxylic acids is 2. The minimum atomic E-state index is -0.501. The molecule has 0 N–H and O–H groups in total. The molecule has 1 aromatic carbocycles. The Bertz CT molecular complexity index is 490. The van der Waals surface area contributed by atoms with Gasteiger partial charge < -0.3 is 4.90 Å². The van der Waals surface area contributed by atoms with Crippen LogP contribution in [0.4, 0.5) is 5.69 Å². The molecule has 3 nitrogen and oxygen atoms in total. The molecule has 0 unspecified atom stereocenters. The number of rotatable bonds is 2. The predicted octanol–water partition coefficient (Wildman–Crippen LogP) is 3.11. The van der Waals surface area contributed by atoms with E-state index in [-0.39, 0.29) is 18.9 Å². The summed E-state index contributed by atoms with van der Waals surface area (Å²) in [6.07, 6.45) is 0.116. The van der Waals surface area contributed by atoms with Gasteiger partial charge in [0.25, 0.3) is 0 Å². The molecule has 1 amide bonds. The minimum absolute atomic E-state index is 0.116. The Morgan fingerprint density at radius 3 is 2.65 bits per heavy atom. The summed E-state index contributed by atoms with van der Waals surface area (Å²) in [4.78, 5) is 24.3. The fraction of sp³-hybridized carbons (Fsp3) is 0.273. The van der Waals surface area contributed by atoms with Crippen LogP contribution < -0.4 is 4.90 Å². The van der Waals surface area contributed by atoms with Gasteiger partial charge in [0.1, 0.15) is 0 Å². The van der Waals surface area contributed by atoms with Crippen LogP contribution >= 0.6 is 34.8 Å². The van der Waals surface area contributed by atoms with Gasteiger partial charge in [-0.3, -0.25) is 9.59 Å². The van der Waals surface area contributed by atoms with Crippen molar-refractivity contribution in [2.75, 3.05) is 11.4 Å². The Morgan fingerprint density at radius 2 is 2.06 bits per heavy atom. The highest BCUT2D eigenvalue weighted by Gasteiger charge is 2.35. The van der Waals surface area contributed by atoms with Crippen LogP contribution in [0.1, 0.15) is 6.42 Å². The maximum Gasteiger partial charge on any atom is 0.227 e. The van der Waals surface area contributed by atoms with Gasteiger partial charge >= 0.3 is 0 Å². The number of anilines is 1. The van der Waals surface area contributed by atoms with E-state index in [2.05, 4.69) is 0 Å². The first-order valence-corrected chi connectivity index (χ1v) is 6.08. The zero-order valence-electron chi connectivity index (χ0n) is 8.62. The number of carbonyl (C=O) groups is 2. The third kappa shape index (κ3) is 2.41. The lowest BCUT2D eigenvalue weighted by atomic mass is 10.1. The summed E-state index contributed by atoms with van der Waals surface area (Å²) < 4.78 is 0. The molecule has 0 aromatic heterocycles. The Hall–Kier alpha value is -0.770. The molecule has 1 heterocycles. The third-order valence-electron chi connectivity index (χ3n) is 2.67. The Morgan fingerprint density at radius 1 is 1.35 bits per heavy atom. The number of nitrogens with zero attached hydrogens (tertiary/aromatic N) is 1. The molecule has 1 atom stereocenters. The third-order valence-corrected chi connectivity index (χ3v) is 3.79. The number of benzene rings is 1. The van der Waals surface area contributed by atoms with Gasteiger partial charge in [0, 0.05) is 13.0 Å². The smallest absolute Gasteiger partial charge is 0.227 e. The maximum absolute atomic E-state index is 11.8. The normalized spacial score (nSPS) is 19.8. The van der Waals surface area contributed by atoms with E-state index >= 15 is 0 Å². The van der Waals surface area contributed by atoms with Crippen molar-refractivity contribution in [1.82, 2.24) is 0 Å². The van der Waals surface area contributed by atoms with Crippen LogP contribution in [0.2, 0.25) is 10.0 Å². The van der Waals surface area contributed by atoms with Crippen molar-refractivity contribution in [3.8, 4) is 0 Å². The topological polar surface area (TPSA) is 37.4 Å². The molecular weight excluding hydrogens is 284 g/mol. The van der Waals surface area contributed by atoms with Crippen molar-refractivity contribution in [3.05, 3.63) is 28.2 Å². The first-order chi connectivity index (χ1) is 8.00. The molecule has 0 bridgehead atoms. The average Bonchev–Trinajstić information content (AvgIpc) is 2.65. The molecule has 0 spiro atoms. The molecule has 17 heavy (non-hydrogen) atoms. The second-order valence-corrected chi connectivity index (χ2v) is 4.94. The molecule has 1 fully saturated rings. The van der Waals surface area contributed by atoms with E-state index in [0.29, 0.717) is 15.7 Å². The van der Waals surface area contributed by atoms with Crippen LogP contribution in [0.3, 0.4) is 0 Å². The van der Waals surface area contributed by atoms with Crippen molar-refractivity contribution in [2.45, 2.75) is 6.42 Å². The van der Waals surface area contributed by atoms with Crippen molar-refractivity contribution < 1.29 is 9.59 Å². The minimum Gasteiger partial charge on any atom is -0.310 e. The standard InChI is InChI=1S/C11H8Cl3NO2/c12-7-2-1-3-8(10(7)13)15-5-6(11(14)17)4-9(15)16/h1-3,6H,4-5H2/t6-/m0/s1. The molecule has 1 aliphatic heterocycles. The van der Waals surface area contributed by atoms with E-state index in [0.717, 1.165) is 0 Å². The SMILES string of the molecule is O=C(Cl)[C@H]1CC(=O)N(c2cccc(Cl)c2Cl)C1. The lowest BCUT2D eigenvalue weighted by Crippen LogP contribution is -2.25. The second-order valence-electron chi connectivity index (χ2n) is 3.78. The summed E-state index contributed by atoms with van der Waals surface area (Å²) in [5.41, 5.74) is 0.518. The molecule has 1 aliphatic rings. The zero-order chi connectivity index (χ0) is 12.6. The largest absolute Gasteiger partial charge is 0.310 e. The monoisotopic (exact) mass is 291 g/mol. The van der Waals surface area contributed by atoms with Gasteiger partial charge in [0.15, 0.2) is 0 Å². The molecule has 90 valence electrons. The molecule has 0 aliphatic carbocycles. The number of amides is 1. The summed E-state index contributed by atoms with van der Waals surface area (Å²) in [6.45, 7) is 0.251. The van der Waals surface area contributed by atoms with E-state index in [4.69, 9.17) is 34.8 Å². The summed E-state index contributed by atoms with van der Waals surface area (Å²) in [7, 11) is 0. The van der Waals surface area contributed by atoms with Gasteiger partial charge in [-0.2, -0.15) is 0 Å². The van der Waals surface area contributed by atoms with E-state index in [1.807, 2.05) is 0 Å². The van der Waals surface area contributed by atoms with E-state index in [9.17, 15) is 9.59 Å². The van der Waals surface area contributed by atoms with Crippen molar-refractivity contribution >= 4 is 51.6 Å². The van der Waals surface area contributed by atoms with Crippen molar-refractivity contribution in [2.24, 2.45) is 5.92 Å². The molecule has 1 saturated heterocycles. The quantitative estimate of drug-likeness (QED) is 0.785. The number of hydrogen-bond acceptors (Lipinski definition) is 2. The van der Waals surface area contributed by atoms with Crippen LogP contribution in [0, 0.1) is 5.92 Å². The summed E-state index contributed by atoms with van der Waals surface area (Å²) in [5.74, 6) is -0.646. The Balaban J connectivity index is 2.32. The zero-order valence-corrected chi connectivity index (χ0v) is 10.9. The molecule has 0 saturated carbocycles. The van der Waals surface area contributed by atoms with Crippen LogP contribution in [-0.2, 0) is 9.59 Å². The van der Waals surface area contributed by atoms with E-state index in [1.165, 1.54) is 4.90 Å². The highest BCUT2D eigenvalue weighted by molar-refractivity contribution is 6.64. The number of halogens is 3. The highest BCUT2D eigenvalue weighted by atomic mass is 35.5. The summed E-state index contributed by atoms with van der Waals surface area (Å²) in [6, 6.07) is 5.03. The van der Waals surface area contributed by atoms with Gasteiger partial charge in [-0.25, -0.2) is 0 Å². The first-order valence-electron chi connectivity index (χ1n) is 4.94. The fourth-order valence-electron chi connectivity index (χ4n) is 1.79. The predicted molar refractivity (Wildman–Crippen MR) is 67.8 cm³/mol. The van der Waals surface area contributed by atoms with Crippen molar-refractivity contribution in [1.29, 1.82) is 0 Å². The molecule has 2 rings (SSSR count). The van der Waals surface area contributed by atoms with E-state index in [1.54, 1.807) is 18.2 Å². The van der Waals surface area contributed by atoms with E-state index < -0.39 is 11.2 Å². The summed E-state index contributed by atoms with van der Waals surface area (Å²) in [5, 5.41) is 0.182. The molecule has 6 heteroatoms. The van der Waals surface area contributed by atoms with Gasteiger partial charge in [-0.05, 0) is 23.7 Å². The van der Waals surface area contributed by atoms with Gasteiger partial charge in [0.2, 0.25) is 11.1 Å². The van der Waals surface area contributed by atoms with Gasteiger partial charge in [-0.1, -0.05) is 29.3 Å².